The van der Waals surface area contributed by atoms with Gasteiger partial charge in [0.15, 0.2) is 0 Å². The number of hydrogen-bond acceptors (Lipinski definition) is 5. The summed E-state index contributed by atoms with van der Waals surface area (Å²) in [6.45, 7) is 1.34. The van der Waals surface area contributed by atoms with Crippen molar-refractivity contribution in [2.75, 3.05) is 13.2 Å². The Morgan fingerprint density at radius 3 is 1.88 bits per heavy atom. The van der Waals surface area contributed by atoms with E-state index < -0.39 is 24.9 Å². The maximum absolute atomic E-state index is 9.91. The first-order valence-electron chi connectivity index (χ1n) is 10.5. The van der Waals surface area contributed by atoms with Gasteiger partial charge >= 0.3 is 0 Å². The van der Waals surface area contributed by atoms with Crippen molar-refractivity contribution in [1.82, 2.24) is 0 Å². The topological polar surface area (TPSA) is 107 Å². The molecule has 0 fully saturated rings. The van der Waals surface area contributed by atoms with Crippen molar-refractivity contribution in [2.24, 2.45) is 5.73 Å². The monoisotopic (exact) mass is 373 g/mol. The second-order valence-corrected chi connectivity index (χ2v) is 7.61. The second kappa shape index (κ2) is 16.7. The van der Waals surface area contributed by atoms with Crippen molar-refractivity contribution >= 4 is 0 Å². The van der Waals surface area contributed by atoms with E-state index in [1.807, 2.05) is 6.08 Å². The van der Waals surface area contributed by atoms with E-state index in [2.05, 4.69) is 13.0 Å². The Balaban J connectivity index is 3.51. The molecule has 6 N–H and O–H groups in total. The van der Waals surface area contributed by atoms with E-state index in [1.165, 1.54) is 32.1 Å². The molecule has 0 aromatic heterocycles. The van der Waals surface area contributed by atoms with E-state index in [0.29, 0.717) is 12.8 Å². The average molecular weight is 374 g/mol. The minimum Gasteiger partial charge on any atom is -0.394 e. The molecule has 0 aliphatic heterocycles. The predicted molar refractivity (Wildman–Crippen MR) is 108 cm³/mol. The van der Waals surface area contributed by atoms with Crippen molar-refractivity contribution in [3.05, 3.63) is 12.2 Å². The number of allylic oxidation sites excluding steroid dienone is 2. The van der Waals surface area contributed by atoms with Crippen LogP contribution in [0.2, 0.25) is 0 Å². The zero-order valence-corrected chi connectivity index (χ0v) is 16.8. The minimum absolute atomic E-state index is 0.120. The van der Waals surface area contributed by atoms with Crippen molar-refractivity contribution in [3.63, 3.8) is 0 Å². The molecule has 0 spiro atoms. The lowest BCUT2D eigenvalue weighted by molar-refractivity contribution is 0.00416. The van der Waals surface area contributed by atoms with E-state index in [0.717, 1.165) is 38.5 Å². The summed E-state index contributed by atoms with van der Waals surface area (Å²) in [4.78, 5) is 0. The van der Waals surface area contributed by atoms with Gasteiger partial charge in [0.2, 0.25) is 0 Å². The first-order chi connectivity index (χ1) is 12.5. The van der Waals surface area contributed by atoms with Gasteiger partial charge in [-0.15, -0.1) is 0 Å². The maximum atomic E-state index is 9.91. The van der Waals surface area contributed by atoms with Crippen molar-refractivity contribution in [1.29, 1.82) is 0 Å². The molecule has 0 rings (SSSR count). The van der Waals surface area contributed by atoms with Crippen molar-refractivity contribution in [2.45, 2.75) is 108 Å². The molecule has 0 heterocycles. The van der Waals surface area contributed by atoms with Gasteiger partial charge in [0.1, 0.15) is 0 Å². The molecule has 0 saturated heterocycles. The highest BCUT2D eigenvalue weighted by Gasteiger charge is 2.31. The fourth-order valence-corrected chi connectivity index (χ4v) is 2.98. The van der Waals surface area contributed by atoms with E-state index in [9.17, 15) is 10.2 Å². The Morgan fingerprint density at radius 1 is 0.769 bits per heavy atom. The van der Waals surface area contributed by atoms with E-state index >= 15 is 0 Å². The smallest absolute Gasteiger partial charge is 0.0885 e. The fraction of sp³-hybridized carbons (Fsp3) is 0.905. The maximum Gasteiger partial charge on any atom is 0.0885 e. The van der Waals surface area contributed by atoms with Gasteiger partial charge in [-0.3, -0.25) is 0 Å². The lowest BCUT2D eigenvalue weighted by Crippen LogP contribution is -2.56. The van der Waals surface area contributed by atoms with Crippen LogP contribution in [0.15, 0.2) is 12.2 Å². The molecule has 0 aliphatic rings. The van der Waals surface area contributed by atoms with Gasteiger partial charge in [0, 0.05) is 0 Å². The summed E-state index contributed by atoms with van der Waals surface area (Å²) in [7, 11) is 0. The SMILES string of the molecule is CCCCCCC(O)CCCCCC/C=C/CCC(O)C(N)(CO)CO. The molecular formula is C21H43NO4. The van der Waals surface area contributed by atoms with Crippen LogP contribution in [0, 0.1) is 0 Å². The van der Waals surface area contributed by atoms with Crippen LogP contribution >= 0.6 is 0 Å². The molecule has 5 heteroatoms. The minimum atomic E-state index is -1.31. The van der Waals surface area contributed by atoms with Crippen LogP contribution in [0.25, 0.3) is 0 Å². The van der Waals surface area contributed by atoms with Crippen molar-refractivity contribution < 1.29 is 20.4 Å². The Bertz CT molecular complexity index is 332. The van der Waals surface area contributed by atoms with E-state index in [-0.39, 0.29) is 6.10 Å². The lowest BCUT2D eigenvalue weighted by Gasteiger charge is -2.30. The van der Waals surface area contributed by atoms with Gasteiger partial charge in [0.25, 0.3) is 0 Å². The molecule has 0 amide bonds. The molecule has 0 saturated carbocycles. The molecule has 156 valence electrons. The zero-order chi connectivity index (χ0) is 19.7. The molecule has 26 heavy (non-hydrogen) atoms. The molecule has 0 bridgehead atoms. The number of nitrogens with two attached hydrogens (primary N) is 1. The van der Waals surface area contributed by atoms with Crippen LogP contribution < -0.4 is 5.73 Å². The zero-order valence-electron chi connectivity index (χ0n) is 16.8. The average Bonchev–Trinajstić information content (AvgIpc) is 2.65. The summed E-state index contributed by atoms with van der Waals surface area (Å²) in [5, 5.41) is 38.0. The number of aliphatic hydroxyl groups is 4. The quantitative estimate of drug-likeness (QED) is 0.187. The summed E-state index contributed by atoms with van der Waals surface area (Å²) in [6.07, 6.45) is 16.6. The molecule has 0 aliphatic carbocycles. The van der Waals surface area contributed by atoms with Gasteiger partial charge in [-0.1, -0.05) is 64.0 Å². The summed E-state index contributed by atoms with van der Waals surface area (Å²) in [6, 6.07) is 0. The summed E-state index contributed by atoms with van der Waals surface area (Å²) < 4.78 is 0. The number of unbranched alkanes of at least 4 members (excludes halogenated alkanes) is 7. The summed E-state index contributed by atoms with van der Waals surface area (Å²) in [5.41, 5.74) is 4.41. The van der Waals surface area contributed by atoms with Gasteiger partial charge in [-0.05, 0) is 38.5 Å². The van der Waals surface area contributed by atoms with Gasteiger partial charge in [-0.2, -0.15) is 0 Å². The van der Waals surface area contributed by atoms with Crippen LogP contribution in [-0.2, 0) is 0 Å². The Labute approximate surface area is 160 Å². The third-order valence-electron chi connectivity index (χ3n) is 5.07. The first-order valence-corrected chi connectivity index (χ1v) is 10.5. The highest BCUT2D eigenvalue weighted by Crippen LogP contribution is 2.14. The lowest BCUT2D eigenvalue weighted by atomic mass is 9.92. The van der Waals surface area contributed by atoms with Crippen LogP contribution in [-0.4, -0.2) is 51.4 Å². The Hall–Kier alpha value is -0.460. The van der Waals surface area contributed by atoms with Crippen LogP contribution in [0.1, 0.15) is 90.4 Å². The number of hydrogen-bond donors (Lipinski definition) is 5. The van der Waals surface area contributed by atoms with Gasteiger partial charge in [-0.25, -0.2) is 0 Å². The molecule has 2 unspecified atom stereocenters. The predicted octanol–water partition coefficient (Wildman–Crippen LogP) is 3.04. The van der Waals surface area contributed by atoms with Crippen molar-refractivity contribution in [3.8, 4) is 0 Å². The highest BCUT2D eigenvalue weighted by atomic mass is 16.3. The summed E-state index contributed by atoms with van der Waals surface area (Å²) >= 11 is 0. The highest BCUT2D eigenvalue weighted by molar-refractivity contribution is 4.92. The van der Waals surface area contributed by atoms with Crippen LogP contribution in [0.5, 0.6) is 0 Å². The summed E-state index contributed by atoms with van der Waals surface area (Å²) in [5.74, 6) is 0. The van der Waals surface area contributed by atoms with Crippen LogP contribution in [0.3, 0.4) is 0 Å². The third kappa shape index (κ3) is 12.8. The van der Waals surface area contributed by atoms with Gasteiger partial charge in [0.05, 0.1) is 31.0 Å². The largest absolute Gasteiger partial charge is 0.394 e. The molecular weight excluding hydrogens is 330 g/mol. The molecule has 0 aromatic carbocycles. The fourth-order valence-electron chi connectivity index (χ4n) is 2.98. The van der Waals surface area contributed by atoms with E-state index in [1.54, 1.807) is 0 Å². The molecule has 0 aromatic rings. The molecule has 0 radical (unpaired) electrons. The second-order valence-electron chi connectivity index (χ2n) is 7.61. The number of rotatable bonds is 18. The van der Waals surface area contributed by atoms with E-state index in [4.69, 9.17) is 15.9 Å². The number of aliphatic hydroxyl groups excluding tert-OH is 4. The van der Waals surface area contributed by atoms with Crippen LogP contribution in [0.4, 0.5) is 0 Å². The third-order valence-corrected chi connectivity index (χ3v) is 5.07. The molecule has 5 nitrogen and oxygen atoms in total. The Morgan fingerprint density at radius 2 is 1.31 bits per heavy atom. The standard InChI is InChI=1S/C21H43NO4/c1-2-3-4-11-14-19(25)15-12-9-7-5-6-8-10-13-16-20(26)21(22,17-23)18-24/h8,10,19-20,23-26H,2-7,9,11-18,22H2,1H3/b10-8+. The first kappa shape index (κ1) is 25.5. The normalized spacial score (nSPS) is 14.8. The van der Waals surface area contributed by atoms with Gasteiger partial charge < -0.3 is 26.2 Å². The Kier molecular flexibility index (Phi) is 16.4. The molecule has 2 atom stereocenters.